The van der Waals surface area contributed by atoms with Crippen LogP contribution < -0.4 is 0 Å². The summed E-state index contributed by atoms with van der Waals surface area (Å²) >= 11 is 0. The molecule has 0 atom stereocenters. The Balaban J connectivity index is 2.20. The van der Waals surface area contributed by atoms with Crippen molar-refractivity contribution < 1.29 is 9.18 Å². The van der Waals surface area contributed by atoms with Gasteiger partial charge in [-0.25, -0.2) is 4.39 Å². The molecule has 0 heterocycles. The van der Waals surface area contributed by atoms with E-state index in [1.807, 2.05) is 21.0 Å². The van der Waals surface area contributed by atoms with E-state index in [2.05, 4.69) is 4.90 Å². The monoisotopic (exact) mass is 263 g/mol. The maximum absolute atomic E-state index is 13.1. The van der Waals surface area contributed by atoms with E-state index in [0.717, 1.165) is 36.8 Å². The van der Waals surface area contributed by atoms with Gasteiger partial charge in [0.1, 0.15) is 5.82 Å². The summed E-state index contributed by atoms with van der Waals surface area (Å²) in [5.41, 5.74) is 1.50. The lowest BCUT2D eigenvalue weighted by Gasteiger charge is -2.35. The molecule has 0 bridgehead atoms. The van der Waals surface area contributed by atoms with Gasteiger partial charge in [0, 0.05) is 6.42 Å². The molecule has 0 aromatic heterocycles. The van der Waals surface area contributed by atoms with E-state index >= 15 is 0 Å². The molecule has 0 unspecified atom stereocenters. The van der Waals surface area contributed by atoms with Gasteiger partial charge in [-0.05, 0) is 57.1 Å². The van der Waals surface area contributed by atoms with Crippen molar-refractivity contribution in [2.45, 2.75) is 44.6 Å². The van der Waals surface area contributed by atoms with Crippen molar-refractivity contribution in [3.63, 3.8) is 0 Å². The summed E-state index contributed by atoms with van der Waals surface area (Å²) in [6, 6.07) is 4.67. The second-order valence-electron chi connectivity index (χ2n) is 5.80. The van der Waals surface area contributed by atoms with Crippen LogP contribution in [0.15, 0.2) is 18.2 Å². The van der Waals surface area contributed by atoms with Crippen molar-refractivity contribution in [2.24, 2.45) is 0 Å². The zero-order valence-electron chi connectivity index (χ0n) is 12.0. The fourth-order valence-electron chi connectivity index (χ4n) is 3.13. The Morgan fingerprint density at radius 2 is 1.95 bits per heavy atom. The van der Waals surface area contributed by atoms with Crippen LogP contribution in [0.25, 0.3) is 0 Å². The van der Waals surface area contributed by atoms with Crippen LogP contribution in [-0.4, -0.2) is 30.3 Å². The van der Waals surface area contributed by atoms with E-state index in [0.29, 0.717) is 6.42 Å². The standard InChI is InChI=1S/C16H22FNO/c1-12-10-14(17)7-6-13(12)11-15(19)16(18(2)3)8-4-5-9-16/h6-7,10H,4-5,8-9,11H2,1-3H3. The Bertz CT molecular complexity index is 476. The minimum Gasteiger partial charge on any atom is -0.297 e. The lowest BCUT2D eigenvalue weighted by Crippen LogP contribution is -2.49. The van der Waals surface area contributed by atoms with Crippen LogP contribution in [0.3, 0.4) is 0 Å². The molecule has 2 nitrogen and oxygen atoms in total. The fourth-order valence-corrected chi connectivity index (χ4v) is 3.13. The van der Waals surface area contributed by atoms with Gasteiger partial charge in [-0.15, -0.1) is 0 Å². The Hall–Kier alpha value is -1.22. The maximum atomic E-state index is 13.1. The molecular formula is C16H22FNO. The first-order valence-electron chi connectivity index (χ1n) is 6.91. The molecule has 104 valence electrons. The van der Waals surface area contributed by atoms with E-state index in [1.54, 1.807) is 6.07 Å². The number of halogens is 1. The number of benzene rings is 1. The smallest absolute Gasteiger partial charge is 0.157 e. The molecule has 1 aromatic carbocycles. The summed E-state index contributed by atoms with van der Waals surface area (Å²) in [5.74, 6) is 0.0293. The number of nitrogens with zero attached hydrogens (tertiary/aromatic N) is 1. The molecule has 1 fully saturated rings. The van der Waals surface area contributed by atoms with Crippen LogP contribution in [0.4, 0.5) is 4.39 Å². The Kier molecular flexibility index (Phi) is 4.04. The predicted octanol–water partition coefficient (Wildman–Crippen LogP) is 3.12. The predicted molar refractivity (Wildman–Crippen MR) is 74.7 cm³/mol. The number of hydrogen-bond acceptors (Lipinski definition) is 2. The average Bonchev–Trinajstić information content (AvgIpc) is 2.83. The zero-order chi connectivity index (χ0) is 14.0. The van der Waals surface area contributed by atoms with Crippen LogP contribution in [0.5, 0.6) is 0 Å². The summed E-state index contributed by atoms with van der Waals surface area (Å²) in [4.78, 5) is 14.8. The van der Waals surface area contributed by atoms with Crippen LogP contribution in [0, 0.1) is 12.7 Å². The number of ketones is 1. The Labute approximate surface area is 114 Å². The molecule has 19 heavy (non-hydrogen) atoms. The summed E-state index contributed by atoms with van der Waals surface area (Å²) in [6.07, 6.45) is 4.53. The molecule has 3 heteroatoms. The topological polar surface area (TPSA) is 20.3 Å². The fraction of sp³-hybridized carbons (Fsp3) is 0.562. The molecule has 1 aromatic rings. The lowest BCUT2D eigenvalue weighted by atomic mass is 9.86. The number of aryl methyl sites for hydroxylation is 1. The SMILES string of the molecule is Cc1cc(F)ccc1CC(=O)C1(N(C)C)CCCC1. The third kappa shape index (κ3) is 2.71. The third-order valence-electron chi connectivity index (χ3n) is 4.46. The maximum Gasteiger partial charge on any atom is 0.157 e. The van der Waals surface area contributed by atoms with Crippen molar-refractivity contribution in [2.75, 3.05) is 14.1 Å². The molecule has 0 spiro atoms. The molecule has 1 aliphatic rings. The highest BCUT2D eigenvalue weighted by Crippen LogP contribution is 2.35. The second kappa shape index (κ2) is 5.41. The Morgan fingerprint density at radius 1 is 1.32 bits per heavy atom. The van der Waals surface area contributed by atoms with Crippen molar-refractivity contribution in [3.05, 3.63) is 35.1 Å². The van der Waals surface area contributed by atoms with Gasteiger partial charge in [-0.1, -0.05) is 18.9 Å². The van der Waals surface area contributed by atoms with Crippen molar-refractivity contribution in [1.29, 1.82) is 0 Å². The first kappa shape index (κ1) is 14.2. The summed E-state index contributed by atoms with van der Waals surface area (Å²) in [7, 11) is 3.97. The summed E-state index contributed by atoms with van der Waals surface area (Å²) in [6.45, 7) is 1.86. The first-order valence-corrected chi connectivity index (χ1v) is 6.91. The average molecular weight is 263 g/mol. The highest BCUT2D eigenvalue weighted by molar-refractivity contribution is 5.90. The van der Waals surface area contributed by atoms with Gasteiger partial charge in [-0.2, -0.15) is 0 Å². The zero-order valence-corrected chi connectivity index (χ0v) is 12.0. The minimum atomic E-state index is -0.305. The van der Waals surface area contributed by atoms with E-state index < -0.39 is 0 Å². The summed E-state index contributed by atoms with van der Waals surface area (Å²) < 4.78 is 13.1. The largest absolute Gasteiger partial charge is 0.297 e. The lowest BCUT2D eigenvalue weighted by molar-refractivity contribution is -0.128. The van der Waals surface area contributed by atoms with Crippen molar-refractivity contribution in [1.82, 2.24) is 4.90 Å². The van der Waals surface area contributed by atoms with Crippen LogP contribution in [0.1, 0.15) is 36.8 Å². The number of Topliss-reactive ketones (excluding diaryl/α,β-unsaturated/α-hetero) is 1. The van der Waals surface area contributed by atoms with Gasteiger partial charge in [0.05, 0.1) is 5.54 Å². The number of carbonyl (C=O) groups excluding carboxylic acids is 1. The normalized spacial score (nSPS) is 17.9. The Morgan fingerprint density at radius 3 is 2.47 bits per heavy atom. The minimum absolute atomic E-state index is 0.239. The molecule has 0 radical (unpaired) electrons. The van der Waals surface area contributed by atoms with E-state index in [4.69, 9.17) is 0 Å². The number of carbonyl (C=O) groups is 1. The molecular weight excluding hydrogens is 241 g/mol. The van der Waals surface area contributed by atoms with Crippen molar-refractivity contribution >= 4 is 5.78 Å². The van der Waals surface area contributed by atoms with E-state index in [9.17, 15) is 9.18 Å². The van der Waals surface area contributed by atoms with Gasteiger partial charge in [0.25, 0.3) is 0 Å². The molecule has 2 rings (SSSR count). The van der Waals surface area contributed by atoms with Gasteiger partial charge < -0.3 is 0 Å². The second-order valence-corrected chi connectivity index (χ2v) is 5.80. The van der Waals surface area contributed by atoms with Crippen LogP contribution >= 0.6 is 0 Å². The van der Waals surface area contributed by atoms with Gasteiger partial charge >= 0.3 is 0 Å². The number of hydrogen-bond donors (Lipinski definition) is 0. The molecule has 0 aliphatic heterocycles. The molecule has 0 N–H and O–H groups in total. The highest BCUT2D eigenvalue weighted by atomic mass is 19.1. The van der Waals surface area contributed by atoms with Crippen molar-refractivity contribution in [3.8, 4) is 0 Å². The summed E-state index contributed by atoms with van der Waals surface area (Å²) in [5, 5.41) is 0. The van der Waals surface area contributed by atoms with Gasteiger partial charge in [-0.3, -0.25) is 9.69 Å². The number of rotatable bonds is 4. The van der Waals surface area contributed by atoms with Gasteiger partial charge in [0.2, 0.25) is 0 Å². The molecule has 0 saturated heterocycles. The van der Waals surface area contributed by atoms with Crippen LogP contribution in [0.2, 0.25) is 0 Å². The molecule has 0 amide bonds. The van der Waals surface area contributed by atoms with E-state index in [-0.39, 0.29) is 17.1 Å². The molecule has 1 saturated carbocycles. The molecule has 1 aliphatic carbocycles. The van der Waals surface area contributed by atoms with Crippen LogP contribution in [-0.2, 0) is 11.2 Å². The van der Waals surface area contributed by atoms with E-state index in [1.165, 1.54) is 12.1 Å². The van der Waals surface area contributed by atoms with Gasteiger partial charge in [0.15, 0.2) is 5.78 Å². The first-order chi connectivity index (χ1) is 8.95. The third-order valence-corrected chi connectivity index (χ3v) is 4.46. The highest BCUT2D eigenvalue weighted by Gasteiger charge is 2.42. The number of likely N-dealkylation sites (N-methyl/N-ethyl adjacent to an activating group) is 1. The quantitative estimate of drug-likeness (QED) is 0.832.